The maximum absolute atomic E-state index is 12.0. The monoisotopic (exact) mass is 265 g/mol. The number of rotatable bonds is 7. The fourth-order valence-corrected chi connectivity index (χ4v) is 2.42. The molecule has 1 rings (SSSR count). The van der Waals surface area contributed by atoms with Crippen LogP contribution in [0.1, 0.15) is 53.4 Å². The van der Waals surface area contributed by atoms with Crippen molar-refractivity contribution in [2.24, 2.45) is 5.92 Å². The first-order valence-corrected chi connectivity index (χ1v) is 7.44. The fourth-order valence-electron chi connectivity index (χ4n) is 2.42. The summed E-state index contributed by atoms with van der Waals surface area (Å²) in [4.78, 5) is 14.2. The zero-order valence-corrected chi connectivity index (χ0v) is 12.7. The number of allylic oxidation sites excluding steroid dienone is 2. The van der Waals surface area contributed by atoms with Crippen molar-refractivity contribution < 1.29 is 9.53 Å². The Morgan fingerprint density at radius 2 is 2.05 bits per heavy atom. The summed E-state index contributed by atoms with van der Waals surface area (Å²) in [6.07, 6.45) is 9.13. The molecular weight excluding hydrogens is 238 g/mol. The molecule has 0 aromatic rings. The van der Waals surface area contributed by atoms with Crippen LogP contribution in [0, 0.1) is 5.92 Å². The highest BCUT2D eigenvalue weighted by Gasteiger charge is 2.24. The van der Waals surface area contributed by atoms with Gasteiger partial charge in [-0.3, -0.25) is 0 Å². The molecule has 1 unspecified atom stereocenters. The van der Waals surface area contributed by atoms with Crippen molar-refractivity contribution in [3.05, 3.63) is 23.5 Å². The maximum atomic E-state index is 12.0. The van der Waals surface area contributed by atoms with E-state index in [0.29, 0.717) is 6.61 Å². The number of hydrogen-bond acceptors (Lipinski definition) is 3. The maximum Gasteiger partial charge on any atom is 0.336 e. The highest BCUT2D eigenvalue weighted by molar-refractivity contribution is 5.90. The Kier molecular flexibility index (Phi) is 6.68. The Balaban J connectivity index is 2.67. The van der Waals surface area contributed by atoms with Crippen LogP contribution in [0.3, 0.4) is 0 Å². The minimum Gasteiger partial charge on any atom is -0.463 e. The van der Waals surface area contributed by atoms with E-state index in [1.165, 1.54) is 25.7 Å². The molecule has 0 spiro atoms. The molecule has 0 N–H and O–H groups in total. The first-order valence-electron chi connectivity index (χ1n) is 7.44. The second-order valence-corrected chi connectivity index (χ2v) is 5.10. The number of unbranched alkanes of at least 4 members (excludes halogenated alkanes) is 3. The van der Waals surface area contributed by atoms with Crippen molar-refractivity contribution in [3.8, 4) is 0 Å². The minimum atomic E-state index is -0.171. The van der Waals surface area contributed by atoms with Gasteiger partial charge in [0.15, 0.2) is 0 Å². The molecule has 0 saturated heterocycles. The van der Waals surface area contributed by atoms with Crippen molar-refractivity contribution in [1.29, 1.82) is 0 Å². The van der Waals surface area contributed by atoms with Crippen LogP contribution in [0.4, 0.5) is 0 Å². The summed E-state index contributed by atoms with van der Waals surface area (Å²) < 4.78 is 5.16. The van der Waals surface area contributed by atoms with E-state index in [-0.39, 0.29) is 11.9 Å². The third kappa shape index (κ3) is 4.41. The molecule has 0 aromatic heterocycles. The van der Waals surface area contributed by atoms with Gasteiger partial charge in [-0.05, 0) is 20.3 Å². The number of carbonyl (C=O) groups is 1. The lowest BCUT2D eigenvalue weighted by molar-refractivity contribution is -0.139. The van der Waals surface area contributed by atoms with Crippen LogP contribution < -0.4 is 0 Å². The summed E-state index contributed by atoms with van der Waals surface area (Å²) in [6.45, 7) is 9.54. The zero-order valence-electron chi connectivity index (χ0n) is 12.7. The Morgan fingerprint density at radius 3 is 2.68 bits per heavy atom. The highest BCUT2D eigenvalue weighted by atomic mass is 16.5. The first kappa shape index (κ1) is 15.8. The number of hydrogen-bond donors (Lipinski definition) is 0. The summed E-state index contributed by atoms with van der Waals surface area (Å²) in [7, 11) is 0. The lowest BCUT2D eigenvalue weighted by atomic mass is 9.96. The van der Waals surface area contributed by atoms with Gasteiger partial charge in [0, 0.05) is 24.4 Å². The predicted octanol–water partition coefficient (Wildman–Crippen LogP) is 3.87. The van der Waals surface area contributed by atoms with Crippen LogP contribution in [0.5, 0.6) is 0 Å². The van der Waals surface area contributed by atoms with Crippen molar-refractivity contribution in [2.45, 2.75) is 53.4 Å². The molecule has 0 saturated carbocycles. The summed E-state index contributed by atoms with van der Waals surface area (Å²) >= 11 is 0. The lowest BCUT2D eigenvalue weighted by Gasteiger charge is -2.29. The van der Waals surface area contributed by atoms with E-state index >= 15 is 0 Å². The number of ether oxygens (including phenoxy) is 1. The van der Waals surface area contributed by atoms with Crippen LogP contribution in [-0.4, -0.2) is 24.0 Å². The molecule has 1 aliphatic heterocycles. The summed E-state index contributed by atoms with van der Waals surface area (Å²) in [6, 6.07) is 0. The van der Waals surface area contributed by atoms with Crippen LogP contribution in [0.15, 0.2) is 23.5 Å². The van der Waals surface area contributed by atoms with Gasteiger partial charge in [-0.1, -0.05) is 39.2 Å². The van der Waals surface area contributed by atoms with Gasteiger partial charge < -0.3 is 9.64 Å². The predicted molar refractivity (Wildman–Crippen MR) is 78.5 cm³/mol. The molecule has 0 fully saturated rings. The SMILES string of the molecule is CCCCCCN1C=CC(C)C(C(=O)OCC)=C1C. The third-order valence-corrected chi connectivity index (χ3v) is 3.58. The molecule has 0 amide bonds. The van der Waals surface area contributed by atoms with Crippen LogP contribution in [0.25, 0.3) is 0 Å². The van der Waals surface area contributed by atoms with Gasteiger partial charge in [0.1, 0.15) is 0 Å². The number of carbonyl (C=O) groups excluding carboxylic acids is 1. The Bertz CT molecular complexity index is 358. The molecule has 3 nitrogen and oxygen atoms in total. The average molecular weight is 265 g/mol. The number of esters is 1. The minimum absolute atomic E-state index is 0.144. The Morgan fingerprint density at radius 1 is 1.32 bits per heavy atom. The molecule has 108 valence electrons. The van der Waals surface area contributed by atoms with Gasteiger partial charge in [-0.15, -0.1) is 0 Å². The van der Waals surface area contributed by atoms with Gasteiger partial charge in [-0.2, -0.15) is 0 Å². The Hall–Kier alpha value is -1.25. The molecular formula is C16H27NO2. The van der Waals surface area contributed by atoms with E-state index in [2.05, 4.69) is 24.1 Å². The quantitative estimate of drug-likeness (QED) is 0.517. The van der Waals surface area contributed by atoms with Crippen LogP contribution in [0.2, 0.25) is 0 Å². The lowest BCUT2D eigenvalue weighted by Crippen LogP contribution is -2.27. The zero-order chi connectivity index (χ0) is 14.3. The molecule has 1 atom stereocenters. The Labute approximate surface area is 117 Å². The molecule has 19 heavy (non-hydrogen) atoms. The van der Waals surface area contributed by atoms with Gasteiger partial charge in [-0.25, -0.2) is 4.79 Å². The topological polar surface area (TPSA) is 29.5 Å². The van der Waals surface area contributed by atoms with E-state index in [9.17, 15) is 4.79 Å². The second kappa shape index (κ2) is 8.03. The van der Waals surface area contributed by atoms with Crippen molar-refractivity contribution >= 4 is 5.97 Å². The fraction of sp³-hybridized carbons (Fsp3) is 0.688. The normalized spacial score (nSPS) is 18.9. The van der Waals surface area contributed by atoms with Gasteiger partial charge >= 0.3 is 5.97 Å². The number of nitrogens with zero attached hydrogens (tertiary/aromatic N) is 1. The van der Waals surface area contributed by atoms with Crippen molar-refractivity contribution in [3.63, 3.8) is 0 Å². The highest BCUT2D eigenvalue weighted by Crippen LogP contribution is 2.26. The standard InChI is InChI=1S/C16H27NO2/c1-5-7-8-9-11-17-12-10-13(3)15(14(17)4)16(18)19-6-2/h10,12-13H,5-9,11H2,1-4H3. The van der Waals surface area contributed by atoms with E-state index in [0.717, 1.165) is 17.8 Å². The molecule has 0 radical (unpaired) electrons. The van der Waals surface area contributed by atoms with Gasteiger partial charge in [0.2, 0.25) is 0 Å². The van der Waals surface area contributed by atoms with Gasteiger partial charge in [0.05, 0.1) is 12.2 Å². The van der Waals surface area contributed by atoms with Crippen LogP contribution in [-0.2, 0) is 9.53 Å². The van der Waals surface area contributed by atoms with Crippen molar-refractivity contribution in [2.75, 3.05) is 13.2 Å². The van der Waals surface area contributed by atoms with E-state index in [1.807, 2.05) is 20.8 Å². The smallest absolute Gasteiger partial charge is 0.336 e. The van der Waals surface area contributed by atoms with Crippen molar-refractivity contribution in [1.82, 2.24) is 4.90 Å². The van der Waals surface area contributed by atoms with E-state index in [4.69, 9.17) is 4.74 Å². The molecule has 3 heteroatoms. The molecule has 0 aliphatic carbocycles. The summed E-state index contributed by atoms with van der Waals surface area (Å²) in [5.74, 6) is -0.0265. The van der Waals surface area contributed by atoms with E-state index in [1.54, 1.807) is 0 Å². The van der Waals surface area contributed by atoms with Crippen LogP contribution >= 0.6 is 0 Å². The second-order valence-electron chi connectivity index (χ2n) is 5.10. The third-order valence-electron chi connectivity index (χ3n) is 3.58. The molecule has 0 bridgehead atoms. The van der Waals surface area contributed by atoms with Gasteiger partial charge in [0.25, 0.3) is 0 Å². The molecule has 1 aliphatic rings. The molecule has 1 heterocycles. The summed E-state index contributed by atoms with van der Waals surface area (Å²) in [5.41, 5.74) is 1.85. The summed E-state index contributed by atoms with van der Waals surface area (Å²) in [5, 5.41) is 0. The first-order chi connectivity index (χ1) is 9.11. The average Bonchev–Trinajstić information content (AvgIpc) is 2.37. The van der Waals surface area contributed by atoms with E-state index < -0.39 is 0 Å². The molecule has 0 aromatic carbocycles. The largest absolute Gasteiger partial charge is 0.463 e.